The molecule has 0 atom stereocenters. The molecule has 5 heteroatoms. The van der Waals surface area contributed by atoms with Gasteiger partial charge in [0.15, 0.2) is 11.5 Å². The van der Waals surface area contributed by atoms with Gasteiger partial charge in [0, 0.05) is 48.1 Å². The van der Waals surface area contributed by atoms with E-state index in [1.165, 1.54) is 27.6 Å². The molecule has 1 N–H and O–H groups in total. The molecule has 25 heavy (non-hydrogen) atoms. The Morgan fingerprint density at radius 3 is 2.92 bits per heavy atom. The molecule has 0 fully saturated rings. The molecule has 1 aromatic carbocycles. The summed E-state index contributed by atoms with van der Waals surface area (Å²) in [5.74, 6) is 0.674. The highest BCUT2D eigenvalue weighted by atomic mass is 15.2. The van der Waals surface area contributed by atoms with Gasteiger partial charge in [0.2, 0.25) is 0 Å². The summed E-state index contributed by atoms with van der Waals surface area (Å²) in [6.45, 7) is 3.75. The molecule has 3 heterocycles. The zero-order chi connectivity index (χ0) is 17.2. The number of aromatic nitrogens is 3. The number of nitrogens with one attached hydrogen (secondary N) is 1. The smallest absolute Gasteiger partial charge is 0.183 e. The van der Waals surface area contributed by atoms with Crippen molar-refractivity contribution in [1.29, 1.82) is 5.26 Å². The molecule has 0 unspecified atom stereocenters. The summed E-state index contributed by atoms with van der Waals surface area (Å²) in [6.07, 6.45) is 9.50. The molecule has 0 bridgehead atoms. The van der Waals surface area contributed by atoms with E-state index in [-0.39, 0.29) is 0 Å². The summed E-state index contributed by atoms with van der Waals surface area (Å²) in [7, 11) is 0. The number of nitriles is 1. The fraction of sp³-hybridized carbons (Fsp3) is 0.250. The number of hydrogen-bond acceptors (Lipinski definition) is 4. The number of rotatable bonds is 3. The van der Waals surface area contributed by atoms with Crippen molar-refractivity contribution in [2.24, 2.45) is 0 Å². The van der Waals surface area contributed by atoms with Gasteiger partial charge in [-0.1, -0.05) is 31.2 Å². The van der Waals surface area contributed by atoms with Crippen LogP contribution in [0.25, 0.3) is 16.5 Å². The van der Waals surface area contributed by atoms with Crippen LogP contribution in [0.1, 0.15) is 30.2 Å². The van der Waals surface area contributed by atoms with Crippen molar-refractivity contribution < 1.29 is 0 Å². The second-order valence-corrected chi connectivity index (χ2v) is 6.16. The van der Waals surface area contributed by atoms with E-state index in [4.69, 9.17) is 0 Å². The second kappa shape index (κ2) is 6.40. The fourth-order valence-electron chi connectivity index (χ4n) is 3.52. The van der Waals surface area contributed by atoms with E-state index in [0.29, 0.717) is 11.5 Å². The molecule has 0 saturated heterocycles. The lowest BCUT2D eigenvalue weighted by Crippen LogP contribution is -2.30. The maximum atomic E-state index is 9.22. The van der Waals surface area contributed by atoms with Gasteiger partial charge in [-0.15, -0.1) is 0 Å². The summed E-state index contributed by atoms with van der Waals surface area (Å²) in [5, 5.41) is 10.5. The first-order chi connectivity index (χ1) is 12.3. The van der Waals surface area contributed by atoms with E-state index >= 15 is 0 Å². The van der Waals surface area contributed by atoms with E-state index in [9.17, 15) is 5.26 Å². The monoisotopic (exact) mass is 329 g/mol. The van der Waals surface area contributed by atoms with Gasteiger partial charge in [-0.05, 0) is 24.0 Å². The quantitative estimate of drug-likeness (QED) is 0.796. The molecule has 0 radical (unpaired) electrons. The predicted octanol–water partition coefficient (Wildman–Crippen LogP) is 3.69. The van der Waals surface area contributed by atoms with Crippen LogP contribution in [0.2, 0.25) is 0 Å². The zero-order valence-corrected chi connectivity index (χ0v) is 14.2. The molecule has 3 aromatic rings. The third-order valence-electron chi connectivity index (χ3n) is 4.82. The summed E-state index contributed by atoms with van der Waals surface area (Å²) in [4.78, 5) is 14.0. The van der Waals surface area contributed by atoms with E-state index < -0.39 is 0 Å². The topological polar surface area (TPSA) is 68.6 Å². The lowest BCUT2D eigenvalue weighted by molar-refractivity contribution is 0.810. The van der Waals surface area contributed by atoms with Gasteiger partial charge >= 0.3 is 0 Å². The van der Waals surface area contributed by atoms with Gasteiger partial charge in [-0.2, -0.15) is 5.26 Å². The van der Waals surface area contributed by atoms with Gasteiger partial charge in [-0.3, -0.25) is 0 Å². The van der Waals surface area contributed by atoms with Crippen molar-refractivity contribution in [2.45, 2.75) is 19.8 Å². The van der Waals surface area contributed by atoms with E-state index in [1.54, 1.807) is 12.4 Å². The van der Waals surface area contributed by atoms with Crippen molar-refractivity contribution in [3.63, 3.8) is 0 Å². The lowest BCUT2D eigenvalue weighted by Gasteiger charge is -2.27. The first kappa shape index (κ1) is 15.4. The molecule has 124 valence electrons. The average Bonchev–Trinajstić information content (AvgIpc) is 3.12. The highest BCUT2D eigenvalue weighted by Gasteiger charge is 2.19. The number of fused-ring (bicyclic) bond motifs is 1. The first-order valence-corrected chi connectivity index (χ1v) is 8.56. The van der Waals surface area contributed by atoms with Crippen molar-refractivity contribution in [1.82, 2.24) is 15.0 Å². The summed E-state index contributed by atoms with van der Waals surface area (Å²) < 4.78 is 0. The highest BCUT2D eigenvalue weighted by molar-refractivity contribution is 5.94. The Morgan fingerprint density at radius 1 is 1.28 bits per heavy atom. The molecule has 0 amide bonds. The third-order valence-corrected chi connectivity index (χ3v) is 4.82. The number of nitrogens with zero attached hydrogens (tertiary/aromatic N) is 4. The maximum Gasteiger partial charge on any atom is 0.183 e. The number of H-pyrrole nitrogens is 1. The Hall–Kier alpha value is -3.13. The highest BCUT2D eigenvalue weighted by Crippen LogP contribution is 2.31. The van der Waals surface area contributed by atoms with Crippen molar-refractivity contribution in [2.75, 3.05) is 18.0 Å². The largest absolute Gasteiger partial charge is 0.360 e. The molecular formula is C20H19N5. The van der Waals surface area contributed by atoms with Crippen molar-refractivity contribution in [3.05, 3.63) is 59.7 Å². The van der Waals surface area contributed by atoms with Crippen LogP contribution in [0.4, 0.5) is 5.82 Å². The maximum absolute atomic E-state index is 9.22. The number of hydrogen-bond donors (Lipinski definition) is 1. The number of aryl methyl sites for hydroxylation is 1. The van der Waals surface area contributed by atoms with E-state index in [1.807, 2.05) is 0 Å². The number of para-hydroxylation sites is 1. The van der Waals surface area contributed by atoms with Crippen LogP contribution in [-0.2, 0) is 6.42 Å². The van der Waals surface area contributed by atoms with Gasteiger partial charge in [0.05, 0.1) is 0 Å². The normalized spacial score (nSPS) is 14.4. The molecule has 0 spiro atoms. The molecule has 4 rings (SSSR count). The molecule has 1 aliphatic heterocycles. The number of benzene rings is 1. The number of aromatic amines is 1. The minimum Gasteiger partial charge on any atom is -0.360 e. The molecule has 5 nitrogen and oxygen atoms in total. The first-order valence-electron chi connectivity index (χ1n) is 8.56. The minimum atomic E-state index is 0.388. The summed E-state index contributed by atoms with van der Waals surface area (Å²) >= 11 is 0. The second-order valence-electron chi connectivity index (χ2n) is 6.16. The lowest BCUT2D eigenvalue weighted by atomic mass is 9.97. The van der Waals surface area contributed by atoms with Crippen molar-refractivity contribution in [3.8, 4) is 6.07 Å². The van der Waals surface area contributed by atoms with Gasteiger partial charge < -0.3 is 9.88 Å². The Morgan fingerprint density at radius 2 is 2.16 bits per heavy atom. The SMILES string of the molecule is CCc1cccc2c(C3=CCN(c4nccnc4C#N)CC3)c[nH]c12. The Kier molecular flexibility index (Phi) is 3.95. The molecule has 1 aliphatic rings. The van der Waals surface area contributed by atoms with Crippen LogP contribution in [0.15, 0.2) is 42.9 Å². The Balaban J connectivity index is 1.65. The van der Waals surface area contributed by atoms with Crippen LogP contribution in [0, 0.1) is 11.3 Å². The Bertz CT molecular complexity index is 993. The minimum absolute atomic E-state index is 0.388. The van der Waals surface area contributed by atoms with Gasteiger partial charge in [-0.25, -0.2) is 9.97 Å². The van der Waals surface area contributed by atoms with Crippen LogP contribution >= 0.6 is 0 Å². The summed E-state index contributed by atoms with van der Waals surface area (Å²) in [5.41, 5.74) is 5.60. The van der Waals surface area contributed by atoms with Gasteiger partial charge in [0.1, 0.15) is 6.07 Å². The Labute approximate surface area is 146 Å². The van der Waals surface area contributed by atoms with Crippen LogP contribution in [-0.4, -0.2) is 28.0 Å². The third kappa shape index (κ3) is 2.66. The van der Waals surface area contributed by atoms with Crippen LogP contribution in [0.5, 0.6) is 0 Å². The zero-order valence-electron chi connectivity index (χ0n) is 14.2. The molecule has 0 aliphatic carbocycles. The molecule has 2 aromatic heterocycles. The number of anilines is 1. The fourth-order valence-corrected chi connectivity index (χ4v) is 3.52. The van der Waals surface area contributed by atoms with Gasteiger partial charge in [0.25, 0.3) is 0 Å². The van der Waals surface area contributed by atoms with Crippen LogP contribution < -0.4 is 4.90 Å². The van der Waals surface area contributed by atoms with Crippen molar-refractivity contribution >= 4 is 22.3 Å². The molecular weight excluding hydrogens is 310 g/mol. The van der Waals surface area contributed by atoms with Crippen LogP contribution in [0.3, 0.4) is 0 Å². The summed E-state index contributed by atoms with van der Waals surface area (Å²) in [6, 6.07) is 8.62. The molecule has 0 saturated carbocycles. The van der Waals surface area contributed by atoms with E-state index in [0.717, 1.165) is 25.9 Å². The standard InChI is InChI=1S/C20H19N5/c1-2-14-4-3-5-16-17(13-24-19(14)16)15-6-10-25(11-7-15)20-18(12-21)22-8-9-23-20/h3-6,8-9,13,24H,2,7,10-11H2,1H3. The van der Waals surface area contributed by atoms with E-state index in [2.05, 4.69) is 63.3 Å². The predicted molar refractivity (Wildman–Crippen MR) is 99.2 cm³/mol. The average molecular weight is 329 g/mol.